The first-order valence-corrected chi connectivity index (χ1v) is 13.2. The summed E-state index contributed by atoms with van der Waals surface area (Å²) in [5.74, 6) is 0.998. The third kappa shape index (κ3) is 5.14. The number of aromatic nitrogens is 4. The first-order valence-electron chi connectivity index (χ1n) is 13.2. The van der Waals surface area contributed by atoms with Crippen LogP contribution in [0.15, 0.2) is 30.3 Å². The van der Waals surface area contributed by atoms with E-state index in [1.807, 2.05) is 9.80 Å². The van der Waals surface area contributed by atoms with Gasteiger partial charge in [0.1, 0.15) is 11.6 Å². The van der Waals surface area contributed by atoms with Crippen LogP contribution >= 0.6 is 0 Å². The molecule has 202 valence electrons. The molecule has 1 aromatic carbocycles. The van der Waals surface area contributed by atoms with Crippen LogP contribution in [-0.4, -0.2) is 88.5 Å². The molecule has 10 nitrogen and oxygen atoms in total. The number of nitrogens with zero attached hydrogens (tertiary/aromatic N) is 6. The molecule has 3 fully saturated rings. The Labute approximate surface area is 218 Å². The van der Waals surface area contributed by atoms with E-state index in [0.717, 1.165) is 25.9 Å². The molecule has 1 N–H and O–H groups in total. The number of fused-ring (bicyclic) bond motifs is 1. The number of benzene rings is 1. The Morgan fingerprint density at radius 1 is 1.08 bits per heavy atom. The van der Waals surface area contributed by atoms with E-state index in [0.29, 0.717) is 74.4 Å². The number of likely N-dealkylation sites (tertiary alicyclic amines) is 1. The maximum atomic E-state index is 14.1. The van der Waals surface area contributed by atoms with Crippen LogP contribution < -0.4 is 10.2 Å². The van der Waals surface area contributed by atoms with Crippen molar-refractivity contribution in [2.75, 3.05) is 56.2 Å². The second-order valence-electron chi connectivity index (χ2n) is 9.94. The molecule has 2 aromatic heterocycles. The molecule has 0 aliphatic carbocycles. The number of anilines is 2. The van der Waals surface area contributed by atoms with E-state index in [-0.39, 0.29) is 23.9 Å². The van der Waals surface area contributed by atoms with Crippen LogP contribution in [0.5, 0.6) is 0 Å². The lowest BCUT2D eigenvalue weighted by molar-refractivity contribution is -0.139. The van der Waals surface area contributed by atoms with Crippen molar-refractivity contribution in [2.45, 2.75) is 44.3 Å². The van der Waals surface area contributed by atoms with Crippen molar-refractivity contribution in [3.63, 3.8) is 0 Å². The predicted molar refractivity (Wildman–Crippen MR) is 137 cm³/mol. The van der Waals surface area contributed by atoms with E-state index in [1.165, 1.54) is 4.57 Å². The van der Waals surface area contributed by atoms with E-state index < -0.39 is 6.43 Å². The fraction of sp³-hybridized carbons (Fsp3) is 0.538. The molecule has 1 atom stereocenters. The largest absolute Gasteiger partial charge is 0.378 e. The van der Waals surface area contributed by atoms with Gasteiger partial charge in [-0.2, -0.15) is 9.97 Å². The zero-order valence-corrected chi connectivity index (χ0v) is 21.1. The summed E-state index contributed by atoms with van der Waals surface area (Å²) in [4.78, 5) is 30.0. The summed E-state index contributed by atoms with van der Waals surface area (Å²) in [5.41, 5.74) is 1.02. The molecule has 0 spiro atoms. The van der Waals surface area contributed by atoms with Gasteiger partial charge < -0.3 is 24.6 Å². The molecule has 0 radical (unpaired) electrons. The van der Waals surface area contributed by atoms with E-state index in [1.54, 1.807) is 30.3 Å². The smallest absolute Gasteiger partial charge is 0.296 e. The predicted octanol–water partition coefficient (Wildman–Crippen LogP) is 3.17. The number of amides is 1. The lowest BCUT2D eigenvalue weighted by Crippen LogP contribution is -2.57. The van der Waals surface area contributed by atoms with Crippen LogP contribution in [0.2, 0.25) is 0 Å². The Morgan fingerprint density at radius 3 is 2.66 bits per heavy atom. The number of hydrogen-bond donors (Lipinski definition) is 1. The highest BCUT2D eigenvalue weighted by Gasteiger charge is 2.33. The Morgan fingerprint density at radius 2 is 1.89 bits per heavy atom. The number of alkyl halides is 2. The second-order valence-corrected chi connectivity index (χ2v) is 9.94. The quantitative estimate of drug-likeness (QED) is 0.501. The van der Waals surface area contributed by atoms with Gasteiger partial charge in [0.15, 0.2) is 5.82 Å². The number of para-hydroxylation sites is 2. The summed E-state index contributed by atoms with van der Waals surface area (Å²) in [7, 11) is 0. The van der Waals surface area contributed by atoms with Crippen LogP contribution in [0.1, 0.15) is 37.9 Å². The van der Waals surface area contributed by atoms with Gasteiger partial charge in [-0.1, -0.05) is 12.1 Å². The van der Waals surface area contributed by atoms with E-state index >= 15 is 0 Å². The number of halogens is 2. The number of rotatable bonds is 7. The number of morpholine rings is 1. The van der Waals surface area contributed by atoms with Crippen molar-refractivity contribution >= 4 is 28.7 Å². The number of imidazole rings is 1. The van der Waals surface area contributed by atoms with Crippen molar-refractivity contribution < 1.29 is 23.0 Å². The summed E-state index contributed by atoms with van der Waals surface area (Å²) < 4.78 is 40.7. The van der Waals surface area contributed by atoms with Gasteiger partial charge in [0.05, 0.1) is 42.8 Å². The van der Waals surface area contributed by atoms with Gasteiger partial charge in [0, 0.05) is 38.9 Å². The molecular formula is C26H31F2N7O3. The van der Waals surface area contributed by atoms with Crippen molar-refractivity contribution in [2.24, 2.45) is 0 Å². The average Bonchev–Trinajstić information content (AvgIpc) is 3.31. The fourth-order valence-corrected chi connectivity index (χ4v) is 5.22. The number of ether oxygens (including phenoxy) is 2. The zero-order valence-electron chi connectivity index (χ0n) is 21.1. The Hall–Kier alpha value is -3.38. The molecule has 12 heteroatoms. The Kier molecular flexibility index (Phi) is 7.07. The molecule has 0 saturated carbocycles. The third-order valence-corrected chi connectivity index (χ3v) is 7.27. The second kappa shape index (κ2) is 10.8. The van der Waals surface area contributed by atoms with Gasteiger partial charge >= 0.3 is 0 Å². The summed E-state index contributed by atoms with van der Waals surface area (Å²) in [6.45, 7) is 4.10. The molecular weight excluding hydrogens is 496 g/mol. The molecule has 1 amide bonds. The van der Waals surface area contributed by atoms with Gasteiger partial charge in [-0.3, -0.25) is 9.36 Å². The third-order valence-electron chi connectivity index (χ3n) is 7.27. The van der Waals surface area contributed by atoms with Crippen molar-refractivity contribution in [3.05, 3.63) is 36.2 Å². The molecule has 1 unspecified atom stereocenters. The van der Waals surface area contributed by atoms with Gasteiger partial charge in [0.25, 0.3) is 6.43 Å². The minimum Gasteiger partial charge on any atom is -0.378 e. The summed E-state index contributed by atoms with van der Waals surface area (Å²) in [6.07, 6.45) is 0.733. The SMILES string of the molecule is O=C(CC1CCCCO1)N1CC(Nc2cc(-n3c(C(F)F)nc4ccccc43)nc(N3CCOCC3)n2)C1. The van der Waals surface area contributed by atoms with Gasteiger partial charge in [-0.25, -0.2) is 13.8 Å². The van der Waals surface area contributed by atoms with Crippen LogP contribution in [0, 0.1) is 0 Å². The molecule has 3 saturated heterocycles. The van der Waals surface area contributed by atoms with Crippen LogP contribution in [0.3, 0.4) is 0 Å². The van der Waals surface area contributed by atoms with E-state index in [9.17, 15) is 13.6 Å². The zero-order chi connectivity index (χ0) is 26.1. The lowest BCUT2D eigenvalue weighted by Gasteiger charge is -2.40. The topological polar surface area (TPSA) is 97.6 Å². The van der Waals surface area contributed by atoms with Gasteiger partial charge in [-0.05, 0) is 31.4 Å². The van der Waals surface area contributed by atoms with Crippen molar-refractivity contribution in [1.29, 1.82) is 0 Å². The number of carbonyl (C=O) groups is 1. The monoisotopic (exact) mass is 527 g/mol. The van der Waals surface area contributed by atoms with Crippen molar-refractivity contribution in [3.8, 4) is 5.82 Å². The fourth-order valence-electron chi connectivity index (χ4n) is 5.22. The average molecular weight is 528 g/mol. The molecule has 38 heavy (non-hydrogen) atoms. The summed E-state index contributed by atoms with van der Waals surface area (Å²) in [6, 6.07) is 8.69. The molecule has 6 rings (SSSR count). The van der Waals surface area contributed by atoms with Crippen LogP contribution in [-0.2, 0) is 14.3 Å². The minimum absolute atomic E-state index is 0.000568. The first kappa shape index (κ1) is 24.9. The molecule has 3 aromatic rings. The maximum absolute atomic E-state index is 14.1. The highest BCUT2D eigenvalue weighted by atomic mass is 19.3. The summed E-state index contributed by atoms with van der Waals surface area (Å²) >= 11 is 0. The standard InChI is InChI=1S/C26H31F2N7O3/c27-24(28)25-30-19-6-1-2-7-20(19)35(25)22-14-21(31-26(32-22)33-8-11-37-12-9-33)29-17-15-34(16-17)23(36)13-18-5-3-4-10-38-18/h1-2,6-7,14,17-18,24H,3-5,8-13,15-16H2,(H,29,31,32). The molecule has 0 bridgehead atoms. The number of hydrogen-bond acceptors (Lipinski definition) is 8. The normalized spacial score (nSPS) is 20.7. The Balaban J connectivity index is 1.24. The molecule has 5 heterocycles. The highest BCUT2D eigenvalue weighted by Crippen LogP contribution is 2.29. The highest BCUT2D eigenvalue weighted by molar-refractivity contribution is 5.79. The van der Waals surface area contributed by atoms with E-state index in [2.05, 4.69) is 15.3 Å². The van der Waals surface area contributed by atoms with E-state index in [4.69, 9.17) is 14.5 Å². The lowest BCUT2D eigenvalue weighted by atomic mass is 10.0. The maximum Gasteiger partial charge on any atom is 0.296 e. The van der Waals surface area contributed by atoms with Crippen LogP contribution in [0.4, 0.5) is 20.5 Å². The number of carbonyl (C=O) groups excluding carboxylic acids is 1. The summed E-state index contributed by atoms with van der Waals surface area (Å²) in [5, 5.41) is 3.39. The molecule has 3 aliphatic rings. The van der Waals surface area contributed by atoms with Gasteiger partial charge in [-0.15, -0.1) is 0 Å². The molecule has 3 aliphatic heterocycles. The van der Waals surface area contributed by atoms with Crippen molar-refractivity contribution in [1.82, 2.24) is 24.4 Å². The van der Waals surface area contributed by atoms with Gasteiger partial charge in [0.2, 0.25) is 11.9 Å². The van der Waals surface area contributed by atoms with Crippen LogP contribution in [0.25, 0.3) is 16.9 Å². The first-order chi connectivity index (χ1) is 18.5. The number of nitrogens with one attached hydrogen (secondary N) is 1. The Bertz CT molecular complexity index is 1290. The minimum atomic E-state index is -2.78.